The van der Waals surface area contributed by atoms with Crippen LogP contribution in [0.25, 0.3) is 22.1 Å². The average molecular weight is 565 g/mol. The zero-order valence-corrected chi connectivity index (χ0v) is 23.1. The van der Waals surface area contributed by atoms with Crippen LogP contribution in [0.15, 0.2) is 48.8 Å². The van der Waals surface area contributed by atoms with E-state index in [-0.39, 0.29) is 28.9 Å². The number of aryl methyl sites for hydroxylation is 1. The fraction of sp³-hybridized carbons (Fsp3) is 0.321. The van der Waals surface area contributed by atoms with Crippen LogP contribution in [0.3, 0.4) is 0 Å². The monoisotopic (exact) mass is 564 g/mol. The van der Waals surface area contributed by atoms with Crippen molar-refractivity contribution in [3.8, 4) is 28.0 Å². The van der Waals surface area contributed by atoms with Crippen LogP contribution in [0.5, 0.6) is 5.88 Å². The molecule has 3 atom stereocenters. The van der Waals surface area contributed by atoms with E-state index in [1.165, 1.54) is 23.5 Å². The molecular formula is C28H26ClFN6O2S. The van der Waals surface area contributed by atoms with Gasteiger partial charge in [-0.2, -0.15) is 0 Å². The third kappa shape index (κ3) is 4.99. The largest absolute Gasteiger partial charge is 0.474 e. The fourth-order valence-electron chi connectivity index (χ4n) is 4.94. The summed E-state index contributed by atoms with van der Waals surface area (Å²) in [6.07, 6.45) is 3.26. The summed E-state index contributed by atoms with van der Waals surface area (Å²) >= 11 is 7.19. The molecule has 2 fully saturated rings. The lowest BCUT2D eigenvalue weighted by molar-refractivity contribution is 0.0755. The first-order valence-electron chi connectivity index (χ1n) is 12.6. The van der Waals surface area contributed by atoms with E-state index in [9.17, 15) is 9.18 Å². The minimum atomic E-state index is -0.653. The number of rotatable bonds is 6. The maximum Gasteiger partial charge on any atom is 0.265 e. The number of carbonyl (C=O) groups is 1. The molecular weight excluding hydrogens is 539 g/mol. The number of aromatic nitrogens is 4. The lowest BCUT2D eigenvalue weighted by Gasteiger charge is -2.22. The van der Waals surface area contributed by atoms with E-state index in [1.54, 1.807) is 24.5 Å². The van der Waals surface area contributed by atoms with Crippen LogP contribution < -0.4 is 10.5 Å². The molecule has 8 nitrogen and oxygen atoms in total. The van der Waals surface area contributed by atoms with Crippen LogP contribution in [-0.2, 0) is 5.54 Å². The molecule has 6 rings (SSSR count). The lowest BCUT2D eigenvalue weighted by Crippen LogP contribution is -2.33. The molecule has 0 spiro atoms. The highest BCUT2D eigenvalue weighted by atomic mass is 35.5. The van der Waals surface area contributed by atoms with Crippen LogP contribution in [0.2, 0.25) is 5.02 Å². The molecule has 11 heteroatoms. The normalized spacial score (nSPS) is 20.2. The second kappa shape index (κ2) is 9.62. The van der Waals surface area contributed by atoms with Crippen molar-refractivity contribution in [3.05, 3.63) is 75.8 Å². The van der Waals surface area contributed by atoms with Gasteiger partial charge in [0.15, 0.2) is 10.8 Å². The van der Waals surface area contributed by atoms with Crippen molar-refractivity contribution in [3.63, 3.8) is 0 Å². The number of ether oxygens (including phenoxy) is 1. The van der Waals surface area contributed by atoms with Crippen LogP contribution in [0.4, 0.5) is 4.39 Å². The van der Waals surface area contributed by atoms with Crippen LogP contribution in [-0.4, -0.2) is 49.9 Å². The molecule has 2 N–H and O–H groups in total. The van der Waals surface area contributed by atoms with E-state index in [2.05, 4.69) is 19.9 Å². The summed E-state index contributed by atoms with van der Waals surface area (Å²) in [6, 6.07) is 10.00. The number of nitrogens with two attached hydrogens (primary N) is 1. The Bertz CT molecular complexity index is 1560. The Balaban J connectivity index is 1.17. The first kappa shape index (κ1) is 25.8. The number of amides is 1. The molecule has 4 aromatic rings. The van der Waals surface area contributed by atoms with E-state index in [1.807, 2.05) is 37.8 Å². The molecule has 4 heterocycles. The Morgan fingerprint density at radius 3 is 2.54 bits per heavy atom. The number of pyridine rings is 1. The third-order valence-corrected chi connectivity index (χ3v) is 8.62. The van der Waals surface area contributed by atoms with Crippen molar-refractivity contribution in [1.29, 1.82) is 0 Å². The number of hydrogen-bond acceptors (Lipinski definition) is 8. The molecule has 0 radical (unpaired) electrons. The Kier molecular flexibility index (Phi) is 6.36. The minimum Gasteiger partial charge on any atom is -0.474 e. The molecule has 1 aromatic carbocycles. The summed E-state index contributed by atoms with van der Waals surface area (Å²) in [5, 5.41) is 0.681. The van der Waals surface area contributed by atoms with E-state index in [0.717, 1.165) is 5.56 Å². The average Bonchev–Trinajstić information content (AvgIpc) is 3.22. The van der Waals surface area contributed by atoms with Crippen molar-refractivity contribution in [2.75, 3.05) is 13.1 Å². The van der Waals surface area contributed by atoms with Gasteiger partial charge >= 0.3 is 0 Å². The van der Waals surface area contributed by atoms with E-state index in [4.69, 9.17) is 22.1 Å². The number of nitrogens with zero attached hydrogens (tertiary/aromatic N) is 5. The zero-order chi connectivity index (χ0) is 27.5. The fourth-order valence-corrected chi connectivity index (χ4v) is 6.04. The van der Waals surface area contributed by atoms with Crippen molar-refractivity contribution in [1.82, 2.24) is 24.8 Å². The molecule has 1 amide bonds. The Morgan fingerprint density at radius 2 is 1.87 bits per heavy atom. The molecule has 2 aliphatic rings. The molecule has 200 valence electrons. The predicted octanol–water partition coefficient (Wildman–Crippen LogP) is 5.11. The van der Waals surface area contributed by atoms with Gasteiger partial charge in [-0.1, -0.05) is 17.7 Å². The zero-order valence-electron chi connectivity index (χ0n) is 21.6. The van der Waals surface area contributed by atoms with Gasteiger partial charge in [-0.25, -0.2) is 24.3 Å². The second-order valence-corrected chi connectivity index (χ2v) is 12.0. The Hall–Kier alpha value is -3.47. The number of benzene rings is 1. The van der Waals surface area contributed by atoms with Crippen LogP contribution in [0.1, 0.15) is 34.8 Å². The minimum absolute atomic E-state index is 0.0322. The van der Waals surface area contributed by atoms with E-state index >= 15 is 0 Å². The quantitative estimate of drug-likeness (QED) is 0.347. The van der Waals surface area contributed by atoms with Crippen molar-refractivity contribution in [2.24, 2.45) is 17.6 Å². The summed E-state index contributed by atoms with van der Waals surface area (Å²) in [7, 11) is 0. The number of hydrogen-bond donors (Lipinski definition) is 1. The highest BCUT2D eigenvalue weighted by molar-refractivity contribution is 7.17. The highest BCUT2D eigenvalue weighted by Gasteiger charge is 2.59. The van der Waals surface area contributed by atoms with Gasteiger partial charge in [-0.15, -0.1) is 11.3 Å². The van der Waals surface area contributed by atoms with Crippen molar-refractivity contribution >= 4 is 28.8 Å². The van der Waals surface area contributed by atoms with Gasteiger partial charge in [0.1, 0.15) is 16.8 Å². The molecule has 1 saturated carbocycles. The van der Waals surface area contributed by atoms with E-state index < -0.39 is 11.4 Å². The van der Waals surface area contributed by atoms with E-state index in [0.29, 0.717) is 51.6 Å². The smallest absolute Gasteiger partial charge is 0.265 e. The van der Waals surface area contributed by atoms with Crippen molar-refractivity contribution < 1.29 is 13.9 Å². The first-order chi connectivity index (χ1) is 18.6. The summed E-state index contributed by atoms with van der Waals surface area (Å²) < 4.78 is 20.5. The van der Waals surface area contributed by atoms with Gasteiger partial charge < -0.3 is 15.4 Å². The predicted molar refractivity (Wildman–Crippen MR) is 147 cm³/mol. The standard InChI is InChI=1S/C28H26ClFN6O2S/c1-14-24(39-26(34-14)25-32-7-4-8-33-25)27(37)36-12-17-18(13-36)23(17)38-22-11-16(28(2,3)31)10-21(35-22)15-5-6-19(29)20(30)9-15/h4-11,17-18,23H,12-13,31H2,1-3H3/t17-,18+,23?. The van der Waals surface area contributed by atoms with Crippen LogP contribution >= 0.6 is 22.9 Å². The lowest BCUT2D eigenvalue weighted by atomic mass is 9.95. The molecule has 39 heavy (non-hydrogen) atoms. The molecule has 0 bridgehead atoms. The number of fused-ring (bicyclic) bond motifs is 1. The maximum atomic E-state index is 14.2. The molecule has 3 aromatic heterocycles. The molecule has 1 saturated heterocycles. The first-order valence-corrected chi connectivity index (χ1v) is 13.8. The molecule has 1 aliphatic carbocycles. The van der Waals surface area contributed by atoms with Crippen molar-refractivity contribution in [2.45, 2.75) is 32.4 Å². The third-order valence-electron chi connectivity index (χ3n) is 7.17. The number of halogens is 2. The topological polar surface area (TPSA) is 107 Å². The van der Waals surface area contributed by atoms with Gasteiger partial charge in [0.05, 0.1) is 16.4 Å². The molecule has 1 unspecified atom stereocenters. The summed E-state index contributed by atoms with van der Waals surface area (Å²) in [6.45, 7) is 6.81. The second-order valence-electron chi connectivity index (χ2n) is 10.6. The van der Waals surface area contributed by atoms with Gasteiger partial charge in [-0.3, -0.25) is 4.79 Å². The summed E-state index contributed by atoms with van der Waals surface area (Å²) in [4.78, 5) is 33.4. The van der Waals surface area contributed by atoms with Crippen LogP contribution in [0, 0.1) is 24.6 Å². The highest BCUT2D eigenvalue weighted by Crippen LogP contribution is 2.48. The summed E-state index contributed by atoms with van der Waals surface area (Å²) in [5.74, 6) is 0.823. The molecule has 1 aliphatic heterocycles. The summed E-state index contributed by atoms with van der Waals surface area (Å²) in [5.41, 5.74) is 8.37. The number of piperidine rings is 1. The number of carbonyl (C=O) groups excluding carboxylic acids is 1. The van der Waals surface area contributed by atoms with Gasteiger partial charge in [0, 0.05) is 54.5 Å². The number of likely N-dealkylation sites (tertiary alicyclic amines) is 1. The SMILES string of the molecule is Cc1nc(-c2ncccn2)sc1C(=O)N1C[C@@H]2C(Oc3cc(C(C)(C)N)cc(-c4ccc(Cl)c(F)c4)n3)[C@@H]2C1. The van der Waals surface area contributed by atoms with Gasteiger partial charge in [0.25, 0.3) is 5.91 Å². The maximum absolute atomic E-state index is 14.2. The van der Waals surface area contributed by atoms with Gasteiger partial charge in [0.2, 0.25) is 5.88 Å². The number of thiazole rings is 1. The Morgan fingerprint density at radius 1 is 1.15 bits per heavy atom. The van der Waals surface area contributed by atoms with Gasteiger partial charge in [-0.05, 0) is 50.6 Å². The Labute approximate surface area is 234 Å².